The van der Waals surface area contributed by atoms with E-state index >= 15 is 0 Å². The van der Waals surface area contributed by atoms with Crippen LogP contribution in [-0.4, -0.2) is 34.9 Å². The zero-order chi connectivity index (χ0) is 14.7. The second kappa shape index (κ2) is 6.46. The maximum absolute atomic E-state index is 12.7. The molecule has 2 heterocycles. The predicted molar refractivity (Wildman–Crippen MR) is 84.4 cm³/mol. The molecule has 2 fully saturated rings. The van der Waals surface area contributed by atoms with Gasteiger partial charge in [0.05, 0.1) is 11.9 Å². The summed E-state index contributed by atoms with van der Waals surface area (Å²) in [5.41, 5.74) is 1.58. The number of hydrogen-bond donors (Lipinski definition) is 1. The average molecular weight is 287 g/mol. The Morgan fingerprint density at radius 2 is 2.19 bits per heavy atom. The number of carbonyl (C=O) groups is 1. The van der Waals surface area contributed by atoms with Crippen LogP contribution >= 0.6 is 0 Å². The molecule has 0 aromatic carbocycles. The number of aromatic nitrogens is 1. The summed E-state index contributed by atoms with van der Waals surface area (Å²) in [6, 6.07) is 4.28. The quantitative estimate of drug-likeness (QED) is 0.924. The second-order valence-corrected chi connectivity index (χ2v) is 6.26. The Morgan fingerprint density at radius 3 is 2.95 bits per heavy atom. The van der Waals surface area contributed by atoms with Gasteiger partial charge < -0.3 is 10.2 Å². The molecule has 1 N–H and O–H groups in total. The second-order valence-electron chi connectivity index (χ2n) is 6.26. The van der Waals surface area contributed by atoms with E-state index in [1.165, 1.54) is 32.1 Å². The van der Waals surface area contributed by atoms with Crippen LogP contribution in [0, 0.1) is 5.92 Å². The Balaban J connectivity index is 1.67. The molecule has 1 aromatic rings. The van der Waals surface area contributed by atoms with Crippen molar-refractivity contribution >= 4 is 11.6 Å². The fraction of sp³-hybridized carbons (Fsp3) is 0.647. The molecule has 1 saturated carbocycles. The number of fused-ring (bicyclic) bond motifs is 1. The molecule has 1 aliphatic carbocycles. The Bertz CT molecular complexity index is 485. The molecule has 21 heavy (non-hydrogen) atoms. The number of likely N-dealkylation sites (tertiary alicyclic amines) is 1. The topological polar surface area (TPSA) is 45.2 Å². The minimum absolute atomic E-state index is 0.117. The Kier molecular flexibility index (Phi) is 4.42. The highest BCUT2D eigenvalue weighted by Gasteiger charge is 2.38. The van der Waals surface area contributed by atoms with Crippen LogP contribution in [0.15, 0.2) is 18.3 Å². The fourth-order valence-corrected chi connectivity index (χ4v) is 3.70. The third-order valence-corrected chi connectivity index (χ3v) is 4.83. The first-order valence-electron chi connectivity index (χ1n) is 8.30. The van der Waals surface area contributed by atoms with Crippen LogP contribution in [0.3, 0.4) is 0 Å². The van der Waals surface area contributed by atoms with E-state index in [2.05, 4.69) is 22.1 Å². The van der Waals surface area contributed by atoms with Crippen molar-refractivity contribution < 1.29 is 4.79 Å². The van der Waals surface area contributed by atoms with Crippen molar-refractivity contribution in [2.75, 3.05) is 18.4 Å². The average Bonchev–Trinajstić information content (AvgIpc) is 2.97. The van der Waals surface area contributed by atoms with Crippen LogP contribution in [0.2, 0.25) is 0 Å². The van der Waals surface area contributed by atoms with Gasteiger partial charge in [0.15, 0.2) is 0 Å². The highest BCUT2D eigenvalue weighted by Crippen LogP contribution is 2.36. The zero-order valence-electron chi connectivity index (χ0n) is 12.8. The minimum atomic E-state index is 0.117. The van der Waals surface area contributed by atoms with Crippen molar-refractivity contribution in [3.05, 3.63) is 24.0 Å². The van der Waals surface area contributed by atoms with Gasteiger partial charge in [-0.15, -0.1) is 0 Å². The lowest BCUT2D eigenvalue weighted by Gasteiger charge is -2.31. The molecule has 4 heteroatoms. The lowest BCUT2D eigenvalue weighted by Crippen LogP contribution is -2.39. The van der Waals surface area contributed by atoms with Gasteiger partial charge in [0.25, 0.3) is 5.91 Å². The van der Waals surface area contributed by atoms with Crippen LogP contribution in [-0.2, 0) is 0 Å². The van der Waals surface area contributed by atoms with Crippen molar-refractivity contribution in [1.29, 1.82) is 0 Å². The summed E-state index contributed by atoms with van der Waals surface area (Å²) in [7, 11) is 0. The molecule has 3 rings (SSSR count). The molecule has 2 atom stereocenters. The van der Waals surface area contributed by atoms with E-state index in [-0.39, 0.29) is 5.91 Å². The lowest BCUT2D eigenvalue weighted by molar-refractivity contribution is 0.0684. The molecule has 1 aromatic heterocycles. The van der Waals surface area contributed by atoms with E-state index in [9.17, 15) is 4.79 Å². The van der Waals surface area contributed by atoms with E-state index in [0.717, 1.165) is 31.1 Å². The van der Waals surface area contributed by atoms with Gasteiger partial charge in [0.1, 0.15) is 5.69 Å². The highest BCUT2D eigenvalue weighted by molar-refractivity contribution is 5.93. The first-order valence-corrected chi connectivity index (χ1v) is 8.30. The van der Waals surface area contributed by atoms with Crippen molar-refractivity contribution in [3.8, 4) is 0 Å². The maximum Gasteiger partial charge on any atom is 0.272 e. The number of carbonyl (C=O) groups excluding carboxylic acids is 1. The van der Waals surface area contributed by atoms with Crippen LogP contribution in [0.5, 0.6) is 0 Å². The van der Waals surface area contributed by atoms with E-state index < -0.39 is 0 Å². The number of hydrogen-bond acceptors (Lipinski definition) is 3. The number of anilines is 1. The monoisotopic (exact) mass is 287 g/mol. The standard InChI is InChI=1S/C17H25N3O/c1-2-10-18-14-7-8-15(19-12-14)17(21)20-11-9-13-5-3-4-6-16(13)20/h7-8,12-13,16,18H,2-6,9-11H2,1H3. The van der Waals surface area contributed by atoms with Crippen LogP contribution in [0.4, 0.5) is 5.69 Å². The highest BCUT2D eigenvalue weighted by atomic mass is 16.2. The summed E-state index contributed by atoms with van der Waals surface area (Å²) >= 11 is 0. The maximum atomic E-state index is 12.7. The molecule has 0 bridgehead atoms. The van der Waals surface area contributed by atoms with Crippen molar-refractivity contribution in [2.24, 2.45) is 5.92 Å². The summed E-state index contributed by atoms with van der Waals surface area (Å²) < 4.78 is 0. The third-order valence-electron chi connectivity index (χ3n) is 4.83. The molecule has 2 unspecified atom stereocenters. The van der Waals surface area contributed by atoms with Gasteiger partial charge in [-0.3, -0.25) is 4.79 Å². The SMILES string of the molecule is CCCNc1ccc(C(=O)N2CCC3CCCCC32)nc1. The van der Waals surface area contributed by atoms with E-state index in [4.69, 9.17) is 0 Å². The lowest BCUT2D eigenvalue weighted by atomic mass is 9.85. The van der Waals surface area contributed by atoms with Gasteiger partial charge in [-0.2, -0.15) is 0 Å². The molecule has 0 radical (unpaired) electrons. The summed E-state index contributed by atoms with van der Waals surface area (Å²) in [4.78, 5) is 19.1. The van der Waals surface area contributed by atoms with Gasteiger partial charge in [0, 0.05) is 19.1 Å². The summed E-state index contributed by atoms with van der Waals surface area (Å²) in [5.74, 6) is 0.847. The first-order chi connectivity index (χ1) is 10.3. The van der Waals surface area contributed by atoms with E-state index in [1.807, 2.05) is 12.1 Å². The van der Waals surface area contributed by atoms with Gasteiger partial charge in [0.2, 0.25) is 0 Å². The molecule has 4 nitrogen and oxygen atoms in total. The minimum Gasteiger partial charge on any atom is -0.384 e. The molecule has 1 aliphatic heterocycles. The van der Waals surface area contributed by atoms with Crippen LogP contribution in [0.25, 0.3) is 0 Å². The smallest absolute Gasteiger partial charge is 0.272 e. The Labute approximate surface area is 126 Å². The first kappa shape index (κ1) is 14.4. The molecular weight excluding hydrogens is 262 g/mol. The van der Waals surface area contributed by atoms with Crippen molar-refractivity contribution in [2.45, 2.75) is 51.5 Å². The Morgan fingerprint density at radius 1 is 1.33 bits per heavy atom. The number of amides is 1. The van der Waals surface area contributed by atoms with E-state index in [0.29, 0.717) is 11.7 Å². The van der Waals surface area contributed by atoms with Gasteiger partial charge >= 0.3 is 0 Å². The largest absolute Gasteiger partial charge is 0.384 e. The predicted octanol–water partition coefficient (Wildman–Crippen LogP) is 3.31. The molecule has 2 aliphatic rings. The van der Waals surface area contributed by atoms with E-state index in [1.54, 1.807) is 6.20 Å². The number of nitrogens with one attached hydrogen (secondary N) is 1. The zero-order valence-corrected chi connectivity index (χ0v) is 12.8. The van der Waals surface area contributed by atoms with Gasteiger partial charge in [-0.25, -0.2) is 4.98 Å². The molecule has 0 spiro atoms. The van der Waals surface area contributed by atoms with Gasteiger partial charge in [-0.1, -0.05) is 19.8 Å². The number of pyridine rings is 1. The summed E-state index contributed by atoms with van der Waals surface area (Å²) in [6.45, 7) is 3.98. The van der Waals surface area contributed by atoms with Crippen LogP contribution < -0.4 is 5.32 Å². The third kappa shape index (κ3) is 3.04. The van der Waals surface area contributed by atoms with Crippen LogP contribution in [0.1, 0.15) is 55.9 Å². The normalized spacial score (nSPS) is 24.7. The summed E-state index contributed by atoms with van der Waals surface area (Å²) in [6.07, 6.45) is 9.09. The molecule has 1 saturated heterocycles. The van der Waals surface area contributed by atoms with Gasteiger partial charge in [-0.05, 0) is 43.7 Å². The Hall–Kier alpha value is -1.58. The number of nitrogens with zero attached hydrogens (tertiary/aromatic N) is 2. The summed E-state index contributed by atoms with van der Waals surface area (Å²) in [5, 5.41) is 3.29. The number of rotatable bonds is 4. The molecule has 114 valence electrons. The van der Waals surface area contributed by atoms with Crippen molar-refractivity contribution in [1.82, 2.24) is 9.88 Å². The fourth-order valence-electron chi connectivity index (χ4n) is 3.70. The molecular formula is C17H25N3O. The van der Waals surface area contributed by atoms with Crippen molar-refractivity contribution in [3.63, 3.8) is 0 Å². The molecule has 1 amide bonds.